The Bertz CT molecular complexity index is 505. The van der Waals surface area contributed by atoms with Crippen molar-refractivity contribution in [1.29, 1.82) is 0 Å². The average molecular weight is 302 g/mol. The van der Waals surface area contributed by atoms with Gasteiger partial charge in [0.05, 0.1) is 10.6 Å². The van der Waals surface area contributed by atoms with Crippen molar-refractivity contribution in [1.82, 2.24) is 4.90 Å². The number of carbonyl (C=O) groups is 1. The van der Waals surface area contributed by atoms with E-state index in [0.29, 0.717) is 23.6 Å². The molecule has 1 heterocycles. The Labute approximate surface area is 122 Å². The van der Waals surface area contributed by atoms with Crippen molar-refractivity contribution in [3.63, 3.8) is 0 Å². The summed E-state index contributed by atoms with van der Waals surface area (Å²) in [5.74, 6) is -2.91. The topological polar surface area (TPSA) is 20.3 Å². The number of halogens is 3. The van der Waals surface area contributed by atoms with Crippen LogP contribution in [-0.2, 0) is 6.42 Å². The predicted octanol–water partition coefficient (Wildman–Crippen LogP) is 4.16. The maximum absolute atomic E-state index is 13.3. The third-order valence-corrected chi connectivity index (χ3v) is 4.00. The van der Waals surface area contributed by atoms with Crippen LogP contribution in [0.1, 0.15) is 42.1 Å². The van der Waals surface area contributed by atoms with Gasteiger partial charge in [-0.15, -0.1) is 0 Å². The summed E-state index contributed by atoms with van der Waals surface area (Å²) in [5.41, 5.74) is 1.43. The zero-order chi connectivity index (χ0) is 14.8. The fraction of sp³-hybridized carbons (Fsp3) is 0.533. The smallest absolute Gasteiger partial charge is 0.255 e. The van der Waals surface area contributed by atoms with E-state index >= 15 is 0 Å². The Hall–Kier alpha value is -1.16. The van der Waals surface area contributed by atoms with E-state index < -0.39 is 5.92 Å². The summed E-state index contributed by atoms with van der Waals surface area (Å²) < 4.78 is 26.7. The fourth-order valence-corrected chi connectivity index (χ4v) is 2.59. The number of rotatable bonds is 2. The molecule has 5 heteroatoms. The summed E-state index contributed by atoms with van der Waals surface area (Å²) >= 11 is 6.07. The number of amides is 1. The summed E-state index contributed by atoms with van der Waals surface area (Å²) in [6.07, 6.45) is 0.697. The van der Waals surface area contributed by atoms with E-state index in [4.69, 9.17) is 11.6 Å². The van der Waals surface area contributed by atoms with Gasteiger partial charge >= 0.3 is 0 Å². The summed E-state index contributed by atoms with van der Waals surface area (Å²) in [4.78, 5) is 13.9. The molecule has 1 saturated heterocycles. The number of likely N-dealkylation sites (tertiary alicyclic amines) is 1. The zero-order valence-electron chi connectivity index (χ0n) is 11.5. The minimum absolute atomic E-state index is 0.0819. The molecule has 0 unspecified atom stereocenters. The van der Waals surface area contributed by atoms with Crippen LogP contribution in [0.15, 0.2) is 18.2 Å². The highest BCUT2D eigenvalue weighted by molar-refractivity contribution is 6.33. The van der Waals surface area contributed by atoms with Gasteiger partial charge in [0, 0.05) is 25.9 Å². The number of hydrogen-bond acceptors (Lipinski definition) is 1. The maximum atomic E-state index is 13.3. The molecule has 1 aliphatic rings. The predicted molar refractivity (Wildman–Crippen MR) is 75.5 cm³/mol. The van der Waals surface area contributed by atoms with Gasteiger partial charge in [0.2, 0.25) is 5.92 Å². The molecular formula is C15H18ClF2NO. The van der Waals surface area contributed by atoms with Crippen molar-refractivity contribution in [2.24, 2.45) is 0 Å². The molecule has 1 aromatic rings. The van der Waals surface area contributed by atoms with E-state index in [-0.39, 0.29) is 25.3 Å². The van der Waals surface area contributed by atoms with Gasteiger partial charge in [0.1, 0.15) is 0 Å². The maximum Gasteiger partial charge on any atom is 0.255 e. The van der Waals surface area contributed by atoms with Crippen molar-refractivity contribution < 1.29 is 13.6 Å². The van der Waals surface area contributed by atoms with Crippen molar-refractivity contribution in [3.05, 3.63) is 34.3 Å². The van der Waals surface area contributed by atoms with Crippen molar-refractivity contribution >= 4 is 17.5 Å². The van der Waals surface area contributed by atoms with E-state index in [9.17, 15) is 13.6 Å². The number of nitrogens with zero attached hydrogens (tertiary/aromatic N) is 1. The third kappa shape index (κ3) is 3.48. The van der Waals surface area contributed by atoms with E-state index in [1.165, 1.54) is 4.90 Å². The van der Waals surface area contributed by atoms with Crippen molar-refractivity contribution in [3.8, 4) is 0 Å². The van der Waals surface area contributed by atoms with Crippen LogP contribution in [-0.4, -0.2) is 29.8 Å². The molecule has 1 amide bonds. The average Bonchev–Trinajstić information content (AvgIpc) is 2.59. The van der Waals surface area contributed by atoms with Crippen LogP contribution in [0.25, 0.3) is 0 Å². The lowest BCUT2D eigenvalue weighted by Crippen LogP contribution is -2.33. The lowest BCUT2D eigenvalue weighted by Gasteiger charge is -2.21. The Morgan fingerprint density at radius 1 is 1.35 bits per heavy atom. The highest BCUT2D eigenvalue weighted by atomic mass is 35.5. The second-order valence-electron chi connectivity index (χ2n) is 5.17. The lowest BCUT2D eigenvalue weighted by atomic mass is 10.1. The molecule has 1 aromatic carbocycles. The molecule has 1 fully saturated rings. The number of alkyl halides is 2. The van der Waals surface area contributed by atoms with Crippen LogP contribution >= 0.6 is 11.6 Å². The van der Waals surface area contributed by atoms with Gasteiger partial charge in [-0.2, -0.15) is 0 Å². The SMILES string of the molecule is CCc1ccc(Cl)c(C(=O)N2CCCC(F)(F)CC2)c1. The highest BCUT2D eigenvalue weighted by Crippen LogP contribution is 2.29. The zero-order valence-corrected chi connectivity index (χ0v) is 12.2. The summed E-state index contributed by atoms with van der Waals surface area (Å²) in [5, 5.41) is 0.378. The van der Waals surface area contributed by atoms with Gasteiger partial charge in [-0.05, 0) is 30.5 Å². The van der Waals surface area contributed by atoms with Crippen LogP contribution in [0.3, 0.4) is 0 Å². The summed E-state index contributed by atoms with van der Waals surface area (Å²) in [6, 6.07) is 5.32. The molecule has 0 aromatic heterocycles. The number of benzene rings is 1. The normalized spacial score (nSPS) is 18.7. The summed E-state index contributed by atoms with van der Waals surface area (Å²) in [6.45, 7) is 2.43. The van der Waals surface area contributed by atoms with E-state index in [2.05, 4.69) is 0 Å². The molecule has 0 N–H and O–H groups in total. The van der Waals surface area contributed by atoms with Gasteiger partial charge in [0.15, 0.2) is 0 Å². The van der Waals surface area contributed by atoms with E-state index in [1.54, 1.807) is 12.1 Å². The molecule has 0 aliphatic carbocycles. The Morgan fingerprint density at radius 2 is 2.10 bits per heavy atom. The van der Waals surface area contributed by atoms with E-state index in [0.717, 1.165) is 12.0 Å². The van der Waals surface area contributed by atoms with Crippen LogP contribution in [0, 0.1) is 0 Å². The molecule has 0 bridgehead atoms. The molecule has 0 spiro atoms. The number of aryl methyl sites for hydroxylation is 1. The molecule has 1 aliphatic heterocycles. The minimum atomic E-state index is -2.66. The summed E-state index contributed by atoms with van der Waals surface area (Å²) in [7, 11) is 0. The monoisotopic (exact) mass is 301 g/mol. The fourth-order valence-electron chi connectivity index (χ4n) is 2.39. The van der Waals surface area contributed by atoms with E-state index in [1.807, 2.05) is 13.0 Å². The first-order chi connectivity index (χ1) is 9.43. The van der Waals surface area contributed by atoms with Gasteiger partial charge in [0.25, 0.3) is 5.91 Å². The Balaban J connectivity index is 2.18. The number of hydrogen-bond donors (Lipinski definition) is 0. The van der Waals surface area contributed by atoms with Gasteiger partial charge in [-0.3, -0.25) is 4.79 Å². The quantitative estimate of drug-likeness (QED) is 0.803. The molecule has 0 saturated carbocycles. The second kappa shape index (κ2) is 6.08. The third-order valence-electron chi connectivity index (χ3n) is 3.67. The van der Waals surface area contributed by atoms with Crippen LogP contribution in [0.5, 0.6) is 0 Å². The molecule has 0 atom stereocenters. The molecule has 110 valence electrons. The highest BCUT2D eigenvalue weighted by Gasteiger charge is 2.33. The van der Waals surface area contributed by atoms with Crippen molar-refractivity contribution in [2.75, 3.05) is 13.1 Å². The van der Waals surface area contributed by atoms with Gasteiger partial charge < -0.3 is 4.90 Å². The lowest BCUT2D eigenvalue weighted by molar-refractivity contribution is -0.0125. The van der Waals surface area contributed by atoms with Crippen LogP contribution in [0.2, 0.25) is 5.02 Å². The number of carbonyl (C=O) groups excluding carboxylic acids is 1. The standard InChI is InChI=1S/C15H18ClF2NO/c1-2-11-4-5-13(16)12(10-11)14(20)19-8-3-6-15(17,18)7-9-19/h4-5,10H,2-3,6-9H2,1H3. The first-order valence-corrected chi connectivity index (χ1v) is 7.26. The molecule has 2 nitrogen and oxygen atoms in total. The first kappa shape index (κ1) is 15.2. The van der Waals surface area contributed by atoms with Crippen LogP contribution < -0.4 is 0 Å². The molecular weight excluding hydrogens is 284 g/mol. The van der Waals surface area contributed by atoms with Crippen LogP contribution in [0.4, 0.5) is 8.78 Å². The molecule has 20 heavy (non-hydrogen) atoms. The van der Waals surface area contributed by atoms with Gasteiger partial charge in [-0.25, -0.2) is 8.78 Å². The molecule has 0 radical (unpaired) electrons. The largest absolute Gasteiger partial charge is 0.338 e. The second-order valence-corrected chi connectivity index (χ2v) is 5.58. The Kier molecular flexibility index (Phi) is 4.63. The van der Waals surface area contributed by atoms with Gasteiger partial charge in [-0.1, -0.05) is 24.6 Å². The van der Waals surface area contributed by atoms with Crippen molar-refractivity contribution in [2.45, 2.75) is 38.5 Å². The Morgan fingerprint density at radius 3 is 2.80 bits per heavy atom. The molecule has 2 rings (SSSR count). The minimum Gasteiger partial charge on any atom is -0.338 e. The first-order valence-electron chi connectivity index (χ1n) is 6.88.